The minimum Gasteiger partial charge on any atom is -0.494 e. The van der Waals surface area contributed by atoms with Gasteiger partial charge in [-0.3, -0.25) is 9.59 Å². The van der Waals surface area contributed by atoms with Crippen molar-refractivity contribution in [2.24, 2.45) is 0 Å². The van der Waals surface area contributed by atoms with Crippen LogP contribution in [0, 0.1) is 0 Å². The van der Waals surface area contributed by atoms with Crippen molar-refractivity contribution in [2.75, 3.05) is 30.5 Å². The monoisotopic (exact) mass is 418 g/mol. The number of ether oxygens (including phenoxy) is 2. The number of esters is 1. The third kappa shape index (κ3) is 5.67. The first-order valence-corrected chi connectivity index (χ1v) is 9.82. The van der Waals surface area contributed by atoms with Crippen LogP contribution >= 0.6 is 11.8 Å². The SMILES string of the molecule is CCOC(=O)c1cnc(SCC(=O)c2cccc(NC(=O)CC)c2OC)nc1N. The number of nitrogens with two attached hydrogens (primary N) is 1. The van der Waals surface area contributed by atoms with Gasteiger partial charge < -0.3 is 20.5 Å². The summed E-state index contributed by atoms with van der Waals surface area (Å²) in [4.78, 5) is 44.2. The molecule has 1 aromatic carbocycles. The third-order valence-electron chi connectivity index (χ3n) is 3.74. The second-order valence-corrected chi connectivity index (χ2v) is 6.61. The molecular formula is C19H22N4O5S. The number of Topliss-reactive ketones (excluding diaryl/α,β-unsaturated/α-hetero) is 1. The van der Waals surface area contributed by atoms with E-state index < -0.39 is 5.97 Å². The minimum absolute atomic E-state index is 0.0136. The minimum atomic E-state index is -0.603. The van der Waals surface area contributed by atoms with Crippen LogP contribution in [0.25, 0.3) is 0 Å². The van der Waals surface area contributed by atoms with Crippen molar-refractivity contribution in [3.8, 4) is 5.75 Å². The standard InChI is InChI=1S/C19H22N4O5S/c1-4-15(25)22-13-8-6-7-11(16(13)27-3)14(24)10-29-19-21-9-12(17(20)23-19)18(26)28-5-2/h6-9H,4-5,10H2,1-3H3,(H,22,25)(H2,20,21,23). The van der Waals surface area contributed by atoms with Gasteiger partial charge in [-0.15, -0.1) is 0 Å². The Morgan fingerprint density at radius 2 is 1.97 bits per heavy atom. The largest absolute Gasteiger partial charge is 0.494 e. The number of hydrogen-bond donors (Lipinski definition) is 2. The van der Waals surface area contributed by atoms with Gasteiger partial charge in [0, 0.05) is 12.6 Å². The summed E-state index contributed by atoms with van der Waals surface area (Å²) in [5.74, 6) is -0.745. The number of thioether (sulfide) groups is 1. The average Bonchev–Trinajstić information content (AvgIpc) is 2.71. The molecule has 0 saturated carbocycles. The quantitative estimate of drug-likeness (QED) is 0.273. The molecule has 0 aliphatic heterocycles. The van der Waals surface area contributed by atoms with Crippen LogP contribution in [-0.4, -0.2) is 47.1 Å². The Kier molecular flexibility index (Phi) is 7.96. The van der Waals surface area contributed by atoms with Crippen LogP contribution < -0.4 is 15.8 Å². The molecule has 0 fully saturated rings. The number of nitrogens with one attached hydrogen (secondary N) is 1. The fourth-order valence-corrected chi connectivity index (χ4v) is 3.04. The van der Waals surface area contributed by atoms with E-state index in [-0.39, 0.29) is 46.3 Å². The average molecular weight is 418 g/mol. The van der Waals surface area contributed by atoms with Crippen molar-refractivity contribution in [1.29, 1.82) is 0 Å². The molecule has 0 atom stereocenters. The Hall–Kier alpha value is -3.14. The maximum absolute atomic E-state index is 12.7. The lowest BCUT2D eigenvalue weighted by atomic mass is 10.1. The lowest BCUT2D eigenvalue weighted by Gasteiger charge is -2.13. The molecule has 1 amide bonds. The van der Waals surface area contributed by atoms with Crippen LogP contribution in [-0.2, 0) is 9.53 Å². The van der Waals surface area contributed by atoms with E-state index >= 15 is 0 Å². The van der Waals surface area contributed by atoms with E-state index in [1.54, 1.807) is 32.0 Å². The fourth-order valence-electron chi connectivity index (χ4n) is 2.34. The van der Waals surface area contributed by atoms with E-state index in [1.807, 2.05) is 0 Å². The fraction of sp³-hybridized carbons (Fsp3) is 0.316. The van der Waals surface area contributed by atoms with Gasteiger partial charge in [0.2, 0.25) is 5.91 Å². The summed E-state index contributed by atoms with van der Waals surface area (Å²) >= 11 is 1.07. The molecule has 0 unspecified atom stereocenters. The van der Waals surface area contributed by atoms with Gasteiger partial charge in [0.05, 0.1) is 30.7 Å². The highest BCUT2D eigenvalue weighted by molar-refractivity contribution is 7.99. The molecule has 0 aliphatic carbocycles. The van der Waals surface area contributed by atoms with E-state index in [4.69, 9.17) is 15.2 Å². The number of nitrogens with zero attached hydrogens (tertiary/aromatic N) is 2. The highest BCUT2D eigenvalue weighted by Gasteiger charge is 2.19. The van der Waals surface area contributed by atoms with Crippen molar-refractivity contribution >= 4 is 40.9 Å². The zero-order valence-electron chi connectivity index (χ0n) is 16.4. The van der Waals surface area contributed by atoms with Gasteiger partial charge in [-0.05, 0) is 19.1 Å². The number of para-hydroxylation sites is 1. The van der Waals surface area contributed by atoms with Crippen molar-refractivity contribution in [3.63, 3.8) is 0 Å². The van der Waals surface area contributed by atoms with Gasteiger partial charge in [-0.2, -0.15) is 0 Å². The van der Waals surface area contributed by atoms with Crippen LogP contribution in [0.2, 0.25) is 0 Å². The molecule has 154 valence electrons. The van der Waals surface area contributed by atoms with E-state index in [0.29, 0.717) is 17.7 Å². The smallest absolute Gasteiger partial charge is 0.343 e. The Balaban J connectivity index is 2.13. The summed E-state index contributed by atoms with van der Waals surface area (Å²) in [6.45, 7) is 3.62. The molecule has 1 aromatic heterocycles. The molecule has 0 saturated heterocycles. The number of amides is 1. The number of ketones is 1. The Labute approximate surface area is 172 Å². The van der Waals surface area contributed by atoms with E-state index in [1.165, 1.54) is 13.3 Å². The molecule has 1 heterocycles. The lowest BCUT2D eigenvalue weighted by molar-refractivity contribution is -0.115. The van der Waals surface area contributed by atoms with E-state index in [9.17, 15) is 14.4 Å². The first-order chi connectivity index (χ1) is 13.9. The van der Waals surface area contributed by atoms with Crippen LogP contribution in [0.5, 0.6) is 5.75 Å². The first kappa shape index (κ1) is 22.2. The van der Waals surface area contributed by atoms with E-state index in [2.05, 4.69) is 15.3 Å². The molecule has 0 spiro atoms. The second-order valence-electron chi connectivity index (χ2n) is 5.67. The number of anilines is 2. The topological polar surface area (TPSA) is 134 Å². The molecule has 0 radical (unpaired) electrons. The van der Waals surface area contributed by atoms with Gasteiger partial charge in [0.15, 0.2) is 16.7 Å². The molecule has 9 nitrogen and oxygen atoms in total. The zero-order valence-corrected chi connectivity index (χ0v) is 17.2. The van der Waals surface area contributed by atoms with Gasteiger partial charge in [0.1, 0.15) is 11.4 Å². The molecule has 0 aliphatic rings. The molecule has 10 heteroatoms. The van der Waals surface area contributed by atoms with Gasteiger partial charge in [0.25, 0.3) is 0 Å². The van der Waals surface area contributed by atoms with Gasteiger partial charge in [-0.25, -0.2) is 14.8 Å². The van der Waals surface area contributed by atoms with Gasteiger partial charge in [-0.1, -0.05) is 24.8 Å². The summed E-state index contributed by atoms with van der Waals surface area (Å²) in [5, 5.41) is 2.96. The van der Waals surface area contributed by atoms with Crippen molar-refractivity contribution < 1.29 is 23.9 Å². The third-order valence-corrected chi connectivity index (χ3v) is 4.60. The number of benzene rings is 1. The number of nitrogen functional groups attached to an aromatic ring is 1. The zero-order chi connectivity index (χ0) is 21.4. The first-order valence-electron chi connectivity index (χ1n) is 8.83. The molecule has 29 heavy (non-hydrogen) atoms. The summed E-state index contributed by atoms with van der Waals surface area (Å²) in [6.07, 6.45) is 1.58. The normalized spacial score (nSPS) is 10.3. The highest BCUT2D eigenvalue weighted by atomic mass is 32.2. The Morgan fingerprint density at radius 1 is 1.21 bits per heavy atom. The molecule has 2 rings (SSSR count). The summed E-state index contributed by atoms with van der Waals surface area (Å²) in [7, 11) is 1.43. The number of aromatic nitrogens is 2. The molecule has 0 bridgehead atoms. The van der Waals surface area contributed by atoms with Crippen LogP contribution in [0.4, 0.5) is 11.5 Å². The number of carbonyl (C=O) groups is 3. The van der Waals surface area contributed by atoms with Crippen molar-refractivity contribution in [3.05, 3.63) is 35.5 Å². The number of rotatable bonds is 9. The van der Waals surface area contributed by atoms with Gasteiger partial charge >= 0.3 is 5.97 Å². The predicted octanol–water partition coefficient (Wildman–Crippen LogP) is 2.57. The molecular weight excluding hydrogens is 396 g/mol. The molecule has 2 aromatic rings. The Morgan fingerprint density at radius 3 is 2.59 bits per heavy atom. The van der Waals surface area contributed by atoms with Crippen LogP contribution in [0.3, 0.4) is 0 Å². The van der Waals surface area contributed by atoms with E-state index in [0.717, 1.165) is 11.8 Å². The number of hydrogen-bond acceptors (Lipinski definition) is 9. The van der Waals surface area contributed by atoms with Crippen molar-refractivity contribution in [1.82, 2.24) is 9.97 Å². The van der Waals surface area contributed by atoms with Crippen molar-refractivity contribution in [2.45, 2.75) is 25.4 Å². The lowest BCUT2D eigenvalue weighted by Crippen LogP contribution is -2.13. The molecule has 3 N–H and O–H groups in total. The maximum Gasteiger partial charge on any atom is 0.343 e. The predicted molar refractivity (Wildman–Crippen MR) is 109 cm³/mol. The maximum atomic E-state index is 12.7. The van der Waals surface area contributed by atoms with Crippen LogP contribution in [0.1, 0.15) is 41.0 Å². The number of carbonyl (C=O) groups excluding carboxylic acids is 3. The Bertz CT molecular complexity index is 919. The summed E-state index contributed by atoms with van der Waals surface area (Å²) < 4.78 is 10.2. The highest BCUT2D eigenvalue weighted by Crippen LogP contribution is 2.30. The second kappa shape index (κ2) is 10.4. The summed E-state index contributed by atoms with van der Waals surface area (Å²) in [5.41, 5.74) is 6.61. The summed E-state index contributed by atoms with van der Waals surface area (Å²) in [6, 6.07) is 4.94. The number of methoxy groups -OCH3 is 1. The van der Waals surface area contributed by atoms with Crippen LogP contribution in [0.15, 0.2) is 29.6 Å².